The molecular weight excluding hydrogens is 292 g/mol. The quantitative estimate of drug-likeness (QED) is 0.750. The maximum Gasteiger partial charge on any atom is 0.337 e. The van der Waals surface area contributed by atoms with E-state index in [1.807, 2.05) is 19.1 Å². The molecule has 0 saturated heterocycles. The Bertz CT molecular complexity index is 449. The lowest BCUT2D eigenvalue weighted by atomic mass is 10.1. The van der Waals surface area contributed by atoms with Crippen LogP contribution in [0.3, 0.4) is 0 Å². The normalized spacial score (nSPS) is 11.2. The number of carbonyl (C=O) groups excluding carboxylic acids is 2. The topological polar surface area (TPSA) is 81.4 Å². The molecule has 6 heteroatoms. The number of hydrogen-bond donors (Lipinski definition) is 2. The fraction of sp³-hybridized carbons (Fsp3) is 0.467. The minimum atomic E-state index is -0.429. The number of halogens is 1. The lowest BCUT2D eigenvalue weighted by Crippen LogP contribution is -2.41. The SMILES string of the molecule is CCCC(N)C(=O)NCCc1ccc(C(=O)OC)cc1.Cl. The van der Waals surface area contributed by atoms with Gasteiger partial charge in [0.1, 0.15) is 0 Å². The Morgan fingerprint density at radius 1 is 1.29 bits per heavy atom. The summed E-state index contributed by atoms with van der Waals surface area (Å²) >= 11 is 0. The number of benzene rings is 1. The van der Waals surface area contributed by atoms with Gasteiger partial charge < -0.3 is 15.8 Å². The Morgan fingerprint density at radius 2 is 1.90 bits per heavy atom. The summed E-state index contributed by atoms with van der Waals surface area (Å²) in [4.78, 5) is 22.9. The van der Waals surface area contributed by atoms with E-state index in [4.69, 9.17) is 5.73 Å². The average molecular weight is 315 g/mol. The first kappa shape index (κ1) is 19.4. The molecule has 0 aliphatic heterocycles. The van der Waals surface area contributed by atoms with E-state index in [0.717, 1.165) is 12.0 Å². The lowest BCUT2D eigenvalue weighted by molar-refractivity contribution is -0.122. The van der Waals surface area contributed by atoms with Crippen LogP contribution in [-0.4, -0.2) is 31.6 Å². The fourth-order valence-electron chi connectivity index (χ4n) is 1.83. The molecule has 0 fully saturated rings. The number of amides is 1. The van der Waals surface area contributed by atoms with Crippen LogP contribution in [0.1, 0.15) is 35.7 Å². The second-order valence-corrected chi connectivity index (χ2v) is 4.62. The third-order valence-electron chi connectivity index (χ3n) is 3.02. The minimum Gasteiger partial charge on any atom is -0.465 e. The Balaban J connectivity index is 0.00000400. The van der Waals surface area contributed by atoms with Gasteiger partial charge in [-0.2, -0.15) is 0 Å². The number of nitrogens with two attached hydrogens (primary N) is 1. The summed E-state index contributed by atoms with van der Waals surface area (Å²) in [7, 11) is 1.35. The number of nitrogens with one attached hydrogen (secondary N) is 1. The molecule has 1 aromatic rings. The molecule has 1 amide bonds. The molecule has 0 aromatic heterocycles. The van der Waals surface area contributed by atoms with Crippen LogP contribution >= 0.6 is 12.4 Å². The van der Waals surface area contributed by atoms with Crippen LogP contribution in [0, 0.1) is 0 Å². The van der Waals surface area contributed by atoms with Crippen molar-refractivity contribution in [2.24, 2.45) is 5.73 Å². The maximum atomic E-state index is 11.6. The summed E-state index contributed by atoms with van der Waals surface area (Å²) in [5, 5.41) is 2.81. The standard InChI is InChI=1S/C15H22N2O3.ClH/c1-3-4-13(16)14(18)17-10-9-11-5-7-12(8-6-11)15(19)20-2;/h5-8,13H,3-4,9-10,16H2,1-2H3,(H,17,18);1H. The second kappa shape index (κ2) is 10.2. The zero-order chi connectivity index (χ0) is 15.0. The van der Waals surface area contributed by atoms with Crippen LogP contribution in [0.4, 0.5) is 0 Å². The fourth-order valence-corrected chi connectivity index (χ4v) is 1.83. The van der Waals surface area contributed by atoms with E-state index in [9.17, 15) is 9.59 Å². The molecule has 0 aliphatic rings. The highest BCUT2D eigenvalue weighted by molar-refractivity contribution is 5.89. The van der Waals surface area contributed by atoms with Crippen molar-refractivity contribution in [3.8, 4) is 0 Å². The molecule has 118 valence electrons. The van der Waals surface area contributed by atoms with Crippen LogP contribution in [-0.2, 0) is 16.0 Å². The van der Waals surface area contributed by atoms with Gasteiger partial charge in [0, 0.05) is 6.54 Å². The molecule has 1 atom stereocenters. The molecule has 0 heterocycles. The second-order valence-electron chi connectivity index (χ2n) is 4.62. The minimum absolute atomic E-state index is 0. The summed E-state index contributed by atoms with van der Waals surface area (Å²) < 4.78 is 4.63. The number of methoxy groups -OCH3 is 1. The molecule has 0 saturated carbocycles. The van der Waals surface area contributed by atoms with Crippen LogP contribution in [0.5, 0.6) is 0 Å². The van der Waals surface area contributed by atoms with Gasteiger partial charge in [0.05, 0.1) is 18.7 Å². The Labute approximate surface area is 131 Å². The smallest absolute Gasteiger partial charge is 0.337 e. The first-order chi connectivity index (χ1) is 9.58. The third-order valence-corrected chi connectivity index (χ3v) is 3.02. The zero-order valence-corrected chi connectivity index (χ0v) is 13.2. The van der Waals surface area contributed by atoms with Gasteiger partial charge in [-0.1, -0.05) is 25.5 Å². The molecule has 5 nitrogen and oxygen atoms in total. The number of rotatable bonds is 7. The molecule has 0 spiro atoms. The molecule has 0 bridgehead atoms. The van der Waals surface area contributed by atoms with Crippen molar-refractivity contribution in [3.05, 3.63) is 35.4 Å². The Morgan fingerprint density at radius 3 is 2.43 bits per heavy atom. The van der Waals surface area contributed by atoms with Crippen molar-refractivity contribution in [3.63, 3.8) is 0 Å². The van der Waals surface area contributed by atoms with Gasteiger partial charge >= 0.3 is 5.97 Å². The average Bonchev–Trinajstić information content (AvgIpc) is 2.47. The van der Waals surface area contributed by atoms with E-state index in [1.165, 1.54) is 7.11 Å². The predicted octanol–water partition coefficient (Wildman–Crippen LogP) is 1.68. The predicted molar refractivity (Wildman–Crippen MR) is 84.6 cm³/mol. The van der Waals surface area contributed by atoms with E-state index >= 15 is 0 Å². The molecule has 21 heavy (non-hydrogen) atoms. The monoisotopic (exact) mass is 314 g/mol. The first-order valence-corrected chi connectivity index (χ1v) is 6.79. The van der Waals surface area contributed by atoms with Gasteiger partial charge in [0.15, 0.2) is 0 Å². The first-order valence-electron chi connectivity index (χ1n) is 6.79. The molecule has 3 N–H and O–H groups in total. The van der Waals surface area contributed by atoms with Gasteiger partial charge in [-0.3, -0.25) is 4.79 Å². The number of ether oxygens (including phenoxy) is 1. The van der Waals surface area contributed by atoms with Crippen molar-refractivity contribution in [1.29, 1.82) is 0 Å². The Hall–Kier alpha value is -1.59. The van der Waals surface area contributed by atoms with Crippen LogP contribution in [0.2, 0.25) is 0 Å². The highest BCUT2D eigenvalue weighted by Crippen LogP contribution is 2.06. The largest absolute Gasteiger partial charge is 0.465 e. The highest BCUT2D eigenvalue weighted by Gasteiger charge is 2.11. The molecule has 0 aliphatic carbocycles. The van der Waals surface area contributed by atoms with Crippen molar-refractivity contribution in [1.82, 2.24) is 5.32 Å². The zero-order valence-electron chi connectivity index (χ0n) is 12.4. The van der Waals surface area contributed by atoms with Crippen LogP contribution in [0.15, 0.2) is 24.3 Å². The van der Waals surface area contributed by atoms with Gasteiger partial charge in [0.25, 0.3) is 0 Å². The van der Waals surface area contributed by atoms with Crippen LogP contribution < -0.4 is 11.1 Å². The summed E-state index contributed by atoms with van der Waals surface area (Å²) in [6.45, 7) is 2.53. The van der Waals surface area contributed by atoms with E-state index in [1.54, 1.807) is 12.1 Å². The van der Waals surface area contributed by atoms with Crippen molar-refractivity contribution < 1.29 is 14.3 Å². The van der Waals surface area contributed by atoms with Gasteiger partial charge in [-0.15, -0.1) is 12.4 Å². The molecule has 0 radical (unpaired) electrons. The molecule has 1 aromatic carbocycles. The lowest BCUT2D eigenvalue weighted by Gasteiger charge is -2.11. The van der Waals surface area contributed by atoms with E-state index in [2.05, 4.69) is 10.1 Å². The molecule has 1 unspecified atom stereocenters. The van der Waals surface area contributed by atoms with Gasteiger partial charge in [-0.25, -0.2) is 4.79 Å². The van der Waals surface area contributed by atoms with Gasteiger partial charge in [0.2, 0.25) is 5.91 Å². The number of esters is 1. The number of carbonyl (C=O) groups is 2. The summed E-state index contributed by atoms with van der Waals surface area (Å²) in [5.74, 6) is -0.464. The highest BCUT2D eigenvalue weighted by atomic mass is 35.5. The van der Waals surface area contributed by atoms with Gasteiger partial charge in [-0.05, 0) is 30.5 Å². The van der Waals surface area contributed by atoms with Crippen molar-refractivity contribution in [2.75, 3.05) is 13.7 Å². The van der Waals surface area contributed by atoms with Crippen molar-refractivity contribution >= 4 is 24.3 Å². The number of hydrogen-bond acceptors (Lipinski definition) is 4. The maximum absolute atomic E-state index is 11.6. The van der Waals surface area contributed by atoms with Crippen molar-refractivity contribution in [2.45, 2.75) is 32.2 Å². The van der Waals surface area contributed by atoms with E-state index < -0.39 is 6.04 Å². The van der Waals surface area contributed by atoms with E-state index in [-0.39, 0.29) is 24.3 Å². The summed E-state index contributed by atoms with van der Waals surface area (Å²) in [6, 6.07) is 6.70. The van der Waals surface area contributed by atoms with E-state index in [0.29, 0.717) is 24.9 Å². The summed E-state index contributed by atoms with van der Waals surface area (Å²) in [5.41, 5.74) is 7.27. The summed E-state index contributed by atoms with van der Waals surface area (Å²) in [6.07, 6.45) is 2.29. The third kappa shape index (κ3) is 6.60. The Kier molecular flexibility index (Phi) is 9.41. The van der Waals surface area contributed by atoms with Crippen LogP contribution in [0.25, 0.3) is 0 Å². The molecule has 1 rings (SSSR count). The molecular formula is C15H23ClN2O3.